The molecule has 138 valence electrons. The zero-order chi connectivity index (χ0) is 17.2. The molecular formula is C18H25NO6. The van der Waals surface area contributed by atoms with Crippen molar-refractivity contribution in [2.24, 2.45) is 0 Å². The van der Waals surface area contributed by atoms with Crippen molar-refractivity contribution in [3.63, 3.8) is 0 Å². The number of methoxy groups -OCH3 is 1. The van der Waals surface area contributed by atoms with Crippen LogP contribution >= 0.6 is 0 Å². The van der Waals surface area contributed by atoms with Crippen LogP contribution in [0.4, 0.5) is 0 Å². The molecule has 0 saturated carbocycles. The molecule has 1 N–H and O–H groups in total. The van der Waals surface area contributed by atoms with Crippen molar-refractivity contribution < 1.29 is 28.8 Å². The number of aliphatic hydroxyl groups excluding tert-OH is 1. The first kappa shape index (κ1) is 17.4. The normalized spacial score (nSPS) is 39.8. The molecule has 3 saturated heterocycles. The third-order valence-corrected chi connectivity index (χ3v) is 5.10. The maximum Gasteiger partial charge on any atom is 0.185 e. The topological polar surface area (TPSA) is 69.6 Å². The molecule has 7 nitrogen and oxygen atoms in total. The van der Waals surface area contributed by atoms with Crippen LogP contribution in [0.2, 0.25) is 0 Å². The van der Waals surface area contributed by atoms with Gasteiger partial charge >= 0.3 is 0 Å². The molecule has 6 atom stereocenters. The molecule has 7 heteroatoms. The van der Waals surface area contributed by atoms with Gasteiger partial charge in [0.05, 0.1) is 25.9 Å². The van der Waals surface area contributed by atoms with Crippen molar-refractivity contribution in [2.45, 2.75) is 36.9 Å². The Kier molecular flexibility index (Phi) is 5.33. The molecule has 3 heterocycles. The van der Waals surface area contributed by atoms with Crippen LogP contribution in [0.15, 0.2) is 30.3 Å². The van der Waals surface area contributed by atoms with Gasteiger partial charge in [0.1, 0.15) is 18.3 Å². The number of nitrogens with zero attached hydrogens (tertiary/aromatic N) is 1. The van der Waals surface area contributed by atoms with Gasteiger partial charge in [0.15, 0.2) is 12.6 Å². The van der Waals surface area contributed by atoms with Crippen molar-refractivity contribution in [1.82, 2.24) is 4.90 Å². The quantitative estimate of drug-likeness (QED) is 0.852. The fourth-order valence-electron chi connectivity index (χ4n) is 3.85. The zero-order valence-electron chi connectivity index (χ0n) is 14.3. The smallest absolute Gasteiger partial charge is 0.185 e. The summed E-state index contributed by atoms with van der Waals surface area (Å²) in [6, 6.07) is 9.62. The van der Waals surface area contributed by atoms with E-state index < -0.39 is 18.7 Å². The van der Waals surface area contributed by atoms with Gasteiger partial charge < -0.3 is 28.8 Å². The number of morpholine rings is 1. The van der Waals surface area contributed by atoms with Crippen LogP contribution < -0.4 is 0 Å². The third-order valence-electron chi connectivity index (χ3n) is 5.10. The first-order chi connectivity index (χ1) is 12.3. The summed E-state index contributed by atoms with van der Waals surface area (Å²) in [5.41, 5.74) is 0.963. The number of hydrogen-bond donors (Lipinski definition) is 1. The molecular weight excluding hydrogens is 326 g/mol. The second-order valence-corrected chi connectivity index (χ2v) is 6.58. The van der Waals surface area contributed by atoms with Gasteiger partial charge in [-0.3, -0.25) is 4.90 Å². The van der Waals surface area contributed by atoms with Crippen LogP contribution in [-0.4, -0.2) is 80.7 Å². The molecule has 1 aromatic carbocycles. The zero-order valence-corrected chi connectivity index (χ0v) is 14.3. The summed E-state index contributed by atoms with van der Waals surface area (Å²) < 4.78 is 28.8. The van der Waals surface area contributed by atoms with E-state index in [0.29, 0.717) is 19.8 Å². The van der Waals surface area contributed by atoms with Gasteiger partial charge in [-0.25, -0.2) is 0 Å². The van der Waals surface area contributed by atoms with Gasteiger partial charge in [0.2, 0.25) is 0 Å². The Bertz CT molecular complexity index is 550. The molecule has 3 aliphatic rings. The second kappa shape index (κ2) is 7.67. The van der Waals surface area contributed by atoms with E-state index in [2.05, 4.69) is 4.90 Å². The monoisotopic (exact) mass is 351 g/mol. The number of hydrogen-bond acceptors (Lipinski definition) is 7. The van der Waals surface area contributed by atoms with E-state index in [9.17, 15) is 5.11 Å². The fraction of sp³-hybridized carbons (Fsp3) is 0.667. The molecule has 3 fully saturated rings. The highest BCUT2D eigenvalue weighted by Crippen LogP contribution is 2.36. The van der Waals surface area contributed by atoms with Gasteiger partial charge in [-0.1, -0.05) is 30.3 Å². The van der Waals surface area contributed by atoms with Gasteiger partial charge in [-0.2, -0.15) is 0 Å². The summed E-state index contributed by atoms with van der Waals surface area (Å²) in [6.45, 7) is 3.20. The van der Waals surface area contributed by atoms with E-state index in [1.54, 1.807) is 7.11 Å². The summed E-state index contributed by atoms with van der Waals surface area (Å²) in [7, 11) is 1.54. The summed E-state index contributed by atoms with van der Waals surface area (Å²) in [6.07, 6.45) is -2.51. The highest BCUT2D eigenvalue weighted by Gasteiger charge is 2.51. The van der Waals surface area contributed by atoms with Crippen LogP contribution in [0, 0.1) is 0 Å². The van der Waals surface area contributed by atoms with Crippen molar-refractivity contribution in [3.05, 3.63) is 35.9 Å². The van der Waals surface area contributed by atoms with Gasteiger partial charge in [-0.15, -0.1) is 0 Å². The molecule has 0 unspecified atom stereocenters. The first-order valence-electron chi connectivity index (χ1n) is 8.78. The highest BCUT2D eigenvalue weighted by molar-refractivity contribution is 5.17. The Labute approximate surface area is 147 Å². The minimum Gasteiger partial charge on any atom is -0.386 e. The summed E-state index contributed by atoms with van der Waals surface area (Å²) in [5.74, 6) is 0. The van der Waals surface area contributed by atoms with E-state index in [1.807, 2.05) is 30.3 Å². The SMILES string of the molecule is CO[C@H]1O[C@@H]2CO[C@@H](c3ccccc3)O[C@H]2[C@@H](N2CCOCC2)[C@@H]1O. The summed E-state index contributed by atoms with van der Waals surface area (Å²) >= 11 is 0. The summed E-state index contributed by atoms with van der Waals surface area (Å²) in [5, 5.41) is 10.8. The molecule has 0 bridgehead atoms. The molecule has 0 amide bonds. The predicted molar refractivity (Wildman–Crippen MR) is 87.9 cm³/mol. The molecule has 3 aliphatic heterocycles. The Morgan fingerprint density at radius 2 is 1.88 bits per heavy atom. The van der Waals surface area contributed by atoms with E-state index in [4.69, 9.17) is 23.7 Å². The van der Waals surface area contributed by atoms with Crippen LogP contribution in [-0.2, 0) is 23.7 Å². The van der Waals surface area contributed by atoms with Crippen molar-refractivity contribution >= 4 is 0 Å². The van der Waals surface area contributed by atoms with E-state index >= 15 is 0 Å². The number of fused-ring (bicyclic) bond motifs is 1. The molecule has 0 spiro atoms. The van der Waals surface area contributed by atoms with E-state index in [1.165, 1.54) is 0 Å². The number of ether oxygens (including phenoxy) is 5. The average molecular weight is 351 g/mol. The van der Waals surface area contributed by atoms with Crippen molar-refractivity contribution in [2.75, 3.05) is 40.0 Å². The molecule has 4 rings (SSSR count). The average Bonchev–Trinajstić information content (AvgIpc) is 2.68. The van der Waals surface area contributed by atoms with Crippen LogP contribution in [0.1, 0.15) is 11.9 Å². The summed E-state index contributed by atoms with van der Waals surface area (Å²) in [4.78, 5) is 2.22. The van der Waals surface area contributed by atoms with Crippen LogP contribution in [0.3, 0.4) is 0 Å². The standard InChI is InChI=1S/C18H25NO6/c1-21-18-15(20)14(19-7-9-22-10-8-19)16-13(24-18)11-23-17(25-16)12-5-3-2-4-6-12/h2-6,13-18,20H,7-11H2,1H3/t13-,14+,15+,16-,17-,18+/m1/s1. The lowest BCUT2D eigenvalue weighted by Gasteiger charge is -2.51. The van der Waals surface area contributed by atoms with E-state index in [0.717, 1.165) is 18.7 Å². The molecule has 0 aliphatic carbocycles. The largest absolute Gasteiger partial charge is 0.386 e. The Morgan fingerprint density at radius 3 is 2.60 bits per heavy atom. The molecule has 25 heavy (non-hydrogen) atoms. The predicted octanol–water partition coefficient (Wildman–Crippen LogP) is 0.534. The maximum absolute atomic E-state index is 10.8. The van der Waals surface area contributed by atoms with Gasteiger partial charge in [-0.05, 0) is 0 Å². The Hall–Kier alpha value is -1.06. The molecule has 0 aromatic heterocycles. The molecule has 1 aromatic rings. The Morgan fingerprint density at radius 1 is 1.12 bits per heavy atom. The van der Waals surface area contributed by atoms with Crippen LogP contribution in [0.25, 0.3) is 0 Å². The highest BCUT2D eigenvalue weighted by atomic mass is 16.7. The third kappa shape index (κ3) is 3.46. The van der Waals surface area contributed by atoms with Gasteiger partial charge in [0.25, 0.3) is 0 Å². The molecule has 0 radical (unpaired) electrons. The maximum atomic E-state index is 10.8. The van der Waals surface area contributed by atoms with Crippen molar-refractivity contribution in [1.29, 1.82) is 0 Å². The first-order valence-corrected chi connectivity index (χ1v) is 8.78. The lowest BCUT2D eigenvalue weighted by molar-refractivity contribution is -0.351. The Balaban J connectivity index is 1.57. The lowest BCUT2D eigenvalue weighted by Crippen LogP contribution is -2.68. The minimum absolute atomic E-state index is 0.220. The number of aliphatic hydroxyl groups is 1. The van der Waals surface area contributed by atoms with Crippen molar-refractivity contribution in [3.8, 4) is 0 Å². The minimum atomic E-state index is -0.793. The lowest BCUT2D eigenvalue weighted by atomic mass is 9.93. The fourth-order valence-corrected chi connectivity index (χ4v) is 3.85. The van der Waals surface area contributed by atoms with Gasteiger partial charge in [0, 0.05) is 25.8 Å². The number of rotatable bonds is 3. The number of benzene rings is 1. The van der Waals surface area contributed by atoms with E-state index in [-0.39, 0.29) is 18.2 Å². The second-order valence-electron chi connectivity index (χ2n) is 6.58. The van der Waals surface area contributed by atoms with Crippen LogP contribution in [0.5, 0.6) is 0 Å².